The molecular weight excluding hydrogens is 331 g/mol. The van der Waals surface area contributed by atoms with Gasteiger partial charge in [0.1, 0.15) is 11.8 Å². The predicted octanol–water partition coefficient (Wildman–Crippen LogP) is 3.95. The summed E-state index contributed by atoms with van der Waals surface area (Å²) in [4.78, 5) is 0.994. The van der Waals surface area contributed by atoms with Gasteiger partial charge in [0, 0.05) is 20.1 Å². The number of rotatable bonds is 3. The molecule has 0 fully saturated rings. The van der Waals surface area contributed by atoms with Gasteiger partial charge in [-0.2, -0.15) is 0 Å². The Balaban J connectivity index is 2.09. The maximum absolute atomic E-state index is 13.6. The number of nitrogens with one attached hydrogen (secondary N) is 1. The van der Waals surface area contributed by atoms with Gasteiger partial charge in [-0.1, -0.05) is 12.1 Å². The highest BCUT2D eigenvalue weighted by Gasteiger charge is 2.20. The fraction of sp³-hybridized carbons (Fsp3) is 0.0769. The summed E-state index contributed by atoms with van der Waals surface area (Å²) in [5.41, 5.74) is 2.96. The first-order chi connectivity index (χ1) is 9.19. The molecule has 3 rings (SSSR count). The van der Waals surface area contributed by atoms with E-state index in [1.807, 2.05) is 17.5 Å². The van der Waals surface area contributed by atoms with Gasteiger partial charge >= 0.3 is 0 Å². The van der Waals surface area contributed by atoms with Crippen LogP contribution in [0.25, 0.3) is 11.0 Å². The van der Waals surface area contributed by atoms with E-state index in [9.17, 15) is 4.39 Å². The van der Waals surface area contributed by atoms with Crippen molar-refractivity contribution < 1.29 is 8.81 Å². The SMILES string of the molecule is NNC(c1cc2cccc(F)c2o1)c1cc(Br)cs1. The maximum atomic E-state index is 13.6. The molecule has 0 radical (unpaired) electrons. The Morgan fingerprint density at radius 1 is 1.37 bits per heavy atom. The van der Waals surface area contributed by atoms with Crippen molar-refractivity contribution in [3.8, 4) is 0 Å². The number of fused-ring (bicyclic) bond motifs is 1. The van der Waals surface area contributed by atoms with Gasteiger partial charge < -0.3 is 4.42 Å². The van der Waals surface area contributed by atoms with Gasteiger partial charge in [0.05, 0.1) is 0 Å². The minimum Gasteiger partial charge on any atom is -0.456 e. The lowest BCUT2D eigenvalue weighted by atomic mass is 10.2. The normalized spacial score (nSPS) is 13.0. The van der Waals surface area contributed by atoms with Gasteiger partial charge in [0.15, 0.2) is 11.4 Å². The van der Waals surface area contributed by atoms with Crippen LogP contribution in [0.2, 0.25) is 0 Å². The monoisotopic (exact) mass is 340 g/mol. The lowest BCUT2D eigenvalue weighted by Crippen LogP contribution is -2.27. The van der Waals surface area contributed by atoms with Crippen LogP contribution < -0.4 is 11.3 Å². The van der Waals surface area contributed by atoms with Crippen molar-refractivity contribution in [2.24, 2.45) is 5.84 Å². The largest absolute Gasteiger partial charge is 0.456 e. The van der Waals surface area contributed by atoms with Crippen molar-refractivity contribution in [3.63, 3.8) is 0 Å². The van der Waals surface area contributed by atoms with E-state index in [4.69, 9.17) is 10.3 Å². The molecule has 0 amide bonds. The molecule has 0 spiro atoms. The number of furan rings is 1. The standard InChI is InChI=1S/C13H10BrFN2OS/c14-8-5-11(19-6-8)12(17-16)10-4-7-2-1-3-9(15)13(7)18-10/h1-6,12,17H,16H2. The average molecular weight is 341 g/mol. The number of hydrogen-bond donors (Lipinski definition) is 2. The van der Waals surface area contributed by atoms with Crippen LogP contribution in [0.15, 0.2) is 44.6 Å². The number of hydrazine groups is 1. The second-order valence-electron chi connectivity index (χ2n) is 4.07. The van der Waals surface area contributed by atoms with Crippen molar-refractivity contribution in [3.05, 3.63) is 56.6 Å². The molecular formula is C13H10BrFN2OS. The molecule has 1 atom stereocenters. The van der Waals surface area contributed by atoms with E-state index in [1.165, 1.54) is 6.07 Å². The van der Waals surface area contributed by atoms with Crippen LogP contribution >= 0.6 is 27.3 Å². The molecule has 1 aromatic carbocycles. The van der Waals surface area contributed by atoms with Gasteiger partial charge in [-0.3, -0.25) is 5.84 Å². The molecule has 98 valence electrons. The quantitative estimate of drug-likeness (QED) is 0.560. The summed E-state index contributed by atoms with van der Waals surface area (Å²) < 4.78 is 20.2. The first-order valence-electron chi connectivity index (χ1n) is 5.57. The van der Waals surface area contributed by atoms with Crippen molar-refractivity contribution in [1.29, 1.82) is 0 Å². The Morgan fingerprint density at radius 3 is 2.84 bits per heavy atom. The Morgan fingerprint density at radius 2 is 2.21 bits per heavy atom. The molecule has 0 saturated heterocycles. The van der Waals surface area contributed by atoms with Crippen molar-refractivity contribution in [2.75, 3.05) is 0 Å². The Bertz CT molecular complexity index is 724. The first-order valence-corrected chi connectivity index (χ1v) is 7.24. The van der Waals surface area contributed by atoms with Crippen LogP contribution in [0.1, 0.15) is 16.7 Å². The van der Waals surface area contributed by atoms with Crippen LogP contribution in [0.5, 0.6) is 0 Å². The molecule has 0 aliphatic heterocycles. The van der Waals surface area contributed by atoms with Gasteiger partial charge in [0.2, 0.25) is 0 Å². The summed E-state index contributed by atoms with van der Waals surface area (Å²) in [6, 6.07) is 8.31. The number of halogens is 2. The molecule has 0 aliphatic carbocycles. The Hall–Kier alpha value is -1.21. The summed E-state index contributed by atoms with van der Waals surface area (Å²) in [7, 11) is 0. The number of nitrogens with two attached hydrogens (primary N) is 1. The second-order valence-corrected chi connectivity index (χ2v) is 5.93. The zero-order valence-electron chi connectivity index (χ0n) is 9.69. The van der Waals surface area contributed by atoms with E-state index in [2.05, 4.69) is 21.4 Å². The van der Waals surface area contributed by atoms with Crippen LogP contribution in [0.4, 0.5) is 4.39 Å². The first kappa shape index (κ1) is 12.8. The van der Waals surface area contributed by atoms with Crippen LogP contribution in [-0.4, -0.2) is 0 Å². The second kappa shape index (κ2) is 5.05. The van der Waals surface area contributed by atoms with E-state index < -0.39 is 0 Å². The fourth-order valence-electron chi connectivity index (χ4n) is 1.97. The maximum Gasteiger partial charge on any atom is 0.169 e. The van der Waals surface area contributed by atoms with Gasteiger partial charge in [0.25, 0.3) is 0 Å². The third-order valence-electron chi connectivity index (χ3n) is 2.84. The van der Waals surface area contributed by atoms with Gasteiger partial charge in [-0.05, 0) is 34.1 Å². The molecule has 6 heteroatoms. The molecule has 0 aliphatic rings. The number of benzene rings is 1. The van der Waals surface area contributed by atoms with Crippen LogP contribution in [-0.2, 0) is 0 Å². The van der Waals surface area contributed by atoms with Crippen LogP contribution in [0, 0.1) is 5.82 Å². The minimum atomic E-state index is -0.369. The van der Waals surface area contributed by atoms with E-state index in [1.54, 1.807) is 23.5 Å². The zero-order valence-corrected chi connectivity index (χ0v) is 12.1. The molecule has 0 bridgehead atoms. The molecule has 3 N–H and O–H groups in total. The number of thiophene rings is 1. The number of para-hydroxylation sites is 1. The van der Waals surface area contributed by atoms with Crippen molar-refractivity contribution in [1.82, 2.24) is 5.43 Å². The van der Waals surface area contributed by atoms with Crippen molar-refractivity contribution >= 4 is 38.2 Å². The summed E-state index contributed by atoms with van der Waals surface area (Å²) in [6.07, 6.45) is 0. The van der Waals surface area contributed by atoms with Crippen LogP contribution in [0.3, 0.4) is 0 Å². The van der Waals surface area contributed by atoms with E-state index >= 15 is 0 Å². The third kappa shape index (κ3) is 2.32. The molecule has 2 aromatic heterocycles. The summed E-state index contributed by atoms with van der Waals surface area (Å²) in [6.45, 7) is 0. The molecule has 3 aromatic rings. The molecule has 19 heavy (non-hydrogen) atoms. The van der Waals surface area contributed by atoms with Gasteiger partial charge in [-0.25, -0.2) is 9.82 Å². The smallest absolute Gasteiger partial charge is 0.169 e. The highest BCUT2D eigenvalue weighted by Crippen LogP contribution is 2.33. The van der Waals surface area contributed by atoms with E-state index in [0.717, 1.165) is 14.7 Å². The lowest BCUT2D eigenvalue weighted by molar-refractivity contribution is 0.468. The molecule has 3 nitrogen and oxygen atoms in total. The molecule has 1 unspecified atom stereocenters. The minimum absolute atomic E-state index is 0.258. The highest BCUT2D eigenvalue weighted by atomic mass is 79.9. The predicted molar refractivity (Wildman–Crippen MR) is 77.4 cm³/mol. The third-order valence-corrected chi connectivity index (χ3v) is 4.60. The fourth-order valence-corrected chi connectivity index (χ4v) is 3.48. The van der Waals surface area contributed by atoms with E-state index in [0.29, 0.717) is 5.76 Å². The van der Waals surface area contributed by atoms with Crippen molar-refractivity contribution in [2.45, 2.75) is 6.04 Å². The summed E-state index contributed by atoms with van der Waals surface area (Å²) in [5, 5.41) is 2.69. The zero-order chi connectivity index (χ0) is 13.4. The number of hydrogen-bond acceptors (Lipinski definition) is 4. The Labute approximate surface area is 121 Å². The highest BCUT2D eigenvalue weighted by molar-refractivity contribution is 9.10. The van der Waals surface area contributed by atoms with E-state index in [-0.39, 0.29) is 17.4 Å². The summed E-state index contributed by atoms with van der Waals surface area (Å²) in [5.74, 6) is 5.82. The Kier molecular flexibility index (Phi) is 3.40. The van der Waals surface area contributed by atoms with Gasteiger partial charge in [-0.15, -0.1) is 11.3 Å². The average Bonchev–Trinajstić information content (AvgIpc) is 2.98. The molecule has 0 saturated carbocycles. The lowest BCUT2D eigenvalue weighted by Gasteiger charge is -2.10. The summed E-state index contributed by atoms with van der Waals surface area (Å²) >= 11 is 4.95. The molecule has 2 heterocycles. The topological polar surface area (TPSA) is 51.2 Å².